The highest BCUT2D eigenvalue weighted by Gasteiger charge is 2.34. The number of carbonyl (C=O) groups is 1. The third-order valence-corrected chi connectivity index (χ3v) is 2.34. The molecule has 4 heteroatoms. The highest BCUT2D eigenvalue weighted by molar-refractivity contribution is 6.04. The minimum Gasteiger partial charge on any atom is -0.313 e. The first-order valence-electron chi connectivity index (χ1n) is 4.19. The molecule has 0 radical (unpaired) electrons. The fourth-order valence-corrected chi connectivity index (χ4v) is 1.64. The topological polar surface area (TPSA) is 49.7 Å². The molecule has 0 aliphatic carbocycles. The maximum atomic E-state index is 11.6. The molecule has 1 heterocycles. The van der Waals surface area contributed by atoms with Crippen molar-refractivity contribution in [3.8, 4) is 0 Å². The standard InChI is InChI=1S/C10H8N2O2/c1-12-8-5-3-2-4-7(8)9(10(12)14)11-6-13/h2-5,9H,1H3/t9-/m1/s1. The predicted octanol–water partition coefficient (Wildman–Crippen LogP) is 1.04. The number of hydrogen-bond donors (Lipinski definition) is 0. The molecular weight excluding hydrogens is 180 g/mol. The van der Waals surface area contributed by atoms with Gasteiger partial charge in [-0.3, -0.25) is 4.79 Å². The van der Waals surface area contributed by atoms with Gasteiger partial charge in [0.05, 0.1) is 0 Å². The van der Waals surface area contributed by atoms with Crippen LogP contribution in [0.5, 0.6) is 0 Å². The van der Waals surface area contributed by atoms with Crippen molar-refractivity contribution in [1.82, 2.24) is 0 Å². The van der Waals surface area contributed by atoms with Crippen molar-refractivity contribution < 1.29 is 9.59 Å². The van der Waals surface area contributed by atoms with Crippen molar-refractivity contribution in [3.05, 3.63) is 29.8 Å². The van der Waals surface area contributed by atoms with Crippen molar-refractivity contribution in [2.45, 2.75) is 6.04 Å². The molecule has 70 valence electrons. The number of amides is 1. The number of benzene rings is 1. The van der Waals surface area contributed by atoms with Crippen LogP contribution in [-0.2, 0) is 9.59 Å². The van der Waals surface area contributed by atoms with Crippen molar-refractivity contribution in [2.75, 3.05) is 11.9 Å². The second-order valence-corrected chi connectivity index (χ2v) is 3.08. The van der Waals surface area contributed by atoms with Crippen LogP contribution in [0, 0.1) is 0 Å². The zero-order valence-corrected chi connectivity index (χ0v) is 7.60. The van der Waals surface area contributed by atoms with Crippen LogP contribution in [-0.4, -0.2) is 19.0 Å². The van der Waals surface area contributed by atoms with Crippen LogP contribution >= 0.6 is 0 Å². The van der Waals surface area contributed by atoms with Crippen molar-refractivity contribution >= 4 is 17.7 Å². The number of nitrogens with zero attached hydrogens (tertiary/aromatic N) is 2. The Bertz CT molecular complexity index is 436. The van der Waals surface area contributed by atoms with E-state index in [1.165, 1.54) is 11.0 Å². The second kappa shape index (κ2) is 3.09. The molecule has 1 atom stereocenters. The number of fused-ring (bicyclic) bond motifs is 1. The molecule has 1 aliphatic heterocycles. The van der Waals surface area contributed by atoms with Crippen LogP contribution in [0.2, 0.25) is 0 Å². The van der Waals surface area contributed by atoms with Gasteiger partial charge in [-0.15, -0.1) is 0 Å². The Morgan fingerprint density at radius 2 is 2.14 bits per heavy atom. The highest BCUT2D eigenvalue weighted by atomic mass is 16.2. The van der Waals surface area contributed by atoms with Crippen molar-refractivity contribution in [3.63, 3.8) is 0 Å². The molecule has 0 saturated carbocycles. The minimum absolute atomic E-state index is 0.186. The Balaban J connectivity index is 2.58. The lowest BCUT2D eigenvalue weighted by Crippen LogP contribution is -2.23. The molecule has 0 saturated heterocycles. The van der Waals surface area contributed by atoms with E-state index in [4.69, 9.17) is 0 Å². The third kappa shape index (κ3) is 1.05. The molecule has 2 rings (SSSR count). The van der Waals surface area contributed by atoms with Gasteiger partial charge < -0.3 is 4.90 Å². The summed E-state index contributed by atoms with van der Waals surface area (Å²) in [5.41, 5.74) is 1.57. The van der Waals surface area contributed by atoms with Gasteiger partial charge >= 0.3 is 0 Å². The summed E-state index contributed by atoms with van der Waals surface area (Å²) in [6.45, 7) is 0. The van der Waals surface area contributed by atoms with Crippen molar-refractivity contribution in [2.24, 2.45) is 4.99 Å². The Kier molecular flexibility index (Phi) is 1.91. The first-order valence-corrected chi connectivity index (χ1v) is 4.19. The van der Waals surface area contributed by atoms with E-state index >= 15 is 0 Å². The van der Waals surface area contributed by atoms with Gasteiger partial charge in [-0.1, -0.05) is 18.2 Å². The maximum absolute atomic E-state index is 11.6. The minimum atomic E-state index is -0.700. The summed E-state index contributed by atoms with van der Waals surface area (Å²) in [6, 6.07) is 6.58. The van der Waals surface area contributed by atoms with Gasteiger partial charge in [0.15, 0.2) is 6.04 Å². The quantitative estimate of drug-likeness (QED) is 0.488. The van der Waals surface area contributed by atoms with Gasteiger partial charge in [-0.2, -0.15) is 4.99 Å². The Hall–Kier alpha value is -1.93. The van der Waals surface area contributed by atoms with Crippen LogP contribution in [0.1, 0.15) is 11.6 Å². The fraction of sp³-hybridized carbons (Fsp3) is 0.200. The van der Waals surface area contributed by atoms with Gasteiger partial charge in [0, 0.05) is 18.3 Å². The van der Waals surface area contributed by atoms with E-state index in [0.29, 0.717) is 0 Å². The van der Waals surface area contributed by atoms with E-state index in [-0.39, 0.29) is 5.91 Å². The molecule has 0 fully saturated rings. The SMILES string of the molecule is CN1C(=O)[C@H](N=C=O)c2ccccc21. The van der Waals surface area contributed by atoms with Crippen LogP contribution in [0.15, 0.2) is 29.3 Å². The number of carbonyl (C=O) groups excluding carboxylic acids is 2. The number of isocyanates is 1. The fourth-order valence-electron chi connectivity index (χ4n) is 1.64. The van der Waals surface area contributed by atoms with E-state index in [1.54, 1.807) is 13.1 Å². The van der Waals surface area contributed by atoms with Crippen LogP contribution < -0.4 is 4.90 Å². The van der Waals surface area contributed by atoms with Crippen molar-refractivity contribution in [1.29, 1.82) is 0 Å². The van der Waals surface area contributed by atoms with Crippen LogP contribution in [0.25, 0.3) is 0 Å². The van der Waals surface area contributed by atoms with E-state index in [9.17, 15) is 9.59 Å². The largest absolute Gasteiger partial charge is 0.313 e. The maximum Gasteiger partial charge on any atom is 0.257 e. The van der Waals surface area contributed by atoms with Gasteiger partial charge in [0.25, 0.3) is 5.91 Å². The molecule has 4 nitrogen and oxygen atoms in total. The van der Waals surface area contributed by atoms with E-state index in [1.807, 2.05) is 18.2 Å². The Morgan fingerprint density at radius 3 is 2.86 bits per heavy atom. The molecule has 0 unspecified atom stereocenters. The highest BCUT2D eigenvalue weighted by Crippen LogP contribution is 2.36. The van der Waals surface area contributed by atoms with Gasteiger partial charge in [0.1, 0.15) is 0 Å². The first-order chi connectivity index (χ1) is 6.75. The molecule has 0 N–H and O–H groups in total. The summed E-state index contributed by atoms with van der Waals surface area (Å²) in [7, 11) is 1.67. The van der Waals surface area contributed by atoms with E-state index < -0.39 is 6.04 Å². The lowest BCUT2D eigenvalue weighted by molar-refractivity contribution is -0.118. The summed E-state index contributed by atoms with van der Waals surface area (Å²) < 4.78 is 0. The summed E-state index contributed by atoms with van der Waals surface area (Å²) in [5.74, 6) is -0.186. The van der Waals surface area contributed by atoms with Crippen LogP contribution in [0.3, 0.4) is 0 Å². The Morgan fingerprint density at radius 1 is 1.43 bits per heavy atom. The molecule has 1 aromatic carbocycles. The summed E-state index contributed by atoms with van der Waals surface area (Å²) in [5, 5.41) is 0. The molecule has 14 heavy (non-hydrogen) atoms. The summed E-state index contributed by atoms with van der Waals surface area (Å²) in [4.78, 5) is 26.8. The molecule has 1 amide bonds. The van der Waals surface area contributed by atoms with Crippen LogP contribution in [0.4, 0.5) is 5.69 Å². The Labute approximate surface area is 80.9 Å². The smallest absolute Gasteiger partial charge is 0.257 e. The molecule has 1 aliphatic rings. The molecule has 0 bridgehead atoms. The number of hydrogen-bond acceptors (Lipinski definition) is 3. The average Bonchev–Trinajstić information content (AvgIpc) is 2.45. The number of anilines is 1. The molecule has 1 aromatic rings. The molecule has 0 spiro atoms. The molecular formula is C10H8N2O2. The number of likely N-dealkylation sites (N-methyl/N-ethyl adjacent to an activating group) is 1. The summed E-state index contributed by atoms with van der Waals surface area (Å²) in [6.07, 6.45) is 1.43. The predicted molar refractivity (Wildman–Crippen MR) is 50.7 cm³/mol. The summed E-state index contributed by atoms with van der Waals surface area (Å²) >= 11 is 0. The van der Waals surface area contributed by atoms with E-state index in [2.05, 4.69) is 4.99 Å². The van der Waals surface area contributed by atoms with Gasteiger partial charge in [0.2, 0.25) is 6.08 Å². The lowest BCUT2D eigenvalue weighted by Gasteiger charge is -2.08. The van der Waals surface area contributed by atoms with E-state index in [0.717, 1.165) is 11.3 Å². The number of aliphatic imine (C=N–C) groups is 1. The zero-order chi connectivity index (χ0) is 10.1. The average molecular weight is 188 g/mol. The monoisotopic (exact) mass is 188 g/mol. The third-order valence-electron chi connectivity index (χ3n) is 2.34. The second-order valence-electron chi connectivity index (χ2n) is 3.08. The van der Waals surface area contributed by atoms with Gasteiger partial charge in [-0.25, -0.2) is 4.79 Å². The first kappa shape index (κ1) is 8.66. The number of para-hydroxylation sites is 1. The lowest BCUT2D eigenvalue weighted by atomic mass is 10.1. The zero-order valence-electron chi connectivity index (χ0n) is 7.60. The van der Waals surface area contributed by atoms with Gasteiger partial charge in [-0.05, 0) is 6.07 Å². The molecule has 0 aromatic heterocycles. The normalized spacial score (nSPS) is 19.1. The number of rotatable bonds is 1.